The Labute approximate surface area is 189 Å². The van der Waals surface area contributed by atoms with Crippen LogP contribution >= 0.6 is 0 Å². The molecule has 0 N–H and O–H groups in total. The number of ether oxygens (including phenoxy) is 2. The van der Waals surface area contributed by atoms with Crippen LogP contribution in [0.25, 0.3) is 6.08 Å². The maximum atomic E-state index is 13.6. The van der Waals surface area contributed by atoms with Gasteiger partial charge in [-0.2, -0.15) is 5.26 Å². The highest BCUT2D eigenvalue weighted by molar-refractivity contribution is 7.95. The molecular formula is C23H17FN2O6S. The van der Waals surface area contributed by atoms with Crippen molar-refractivity contribution in [3.63, 3.8) is 0 Å². The first-order valence-electron chi connectivity index (χ1n) is 9.42. The molecule has 0 radical (unpaired) electrons. The van der Waals surface area contributed by atoms with E-state index in [1.165, 1.54) is 37.5 Å². The number of halogens is 1. The van der Waals surface area contributed by atoms with E-state index in [1.807, 2.05) is 0 Å². The maximum absolute atomic E-state index is 13.6. The Morgan fingerprint density at radius 3 is 2.48 bits per heavy atom. The molecule has 10 heteroatoms. The van der Waals surface area contributed by atoms with Crippen molar-refractivity contribution in [1.29, 1.82) is 5.26 Å². The topological polar surface area (TPSA) is 120 Å². The molecule has 0 saturated carbocycles. The minimum absolute atomic E-state index is 0.0201. The molecule has 0 spiro atoms. The van der Waals surface area contributed by atoms with E-state index in [0.29, 0.717) is 16.9 Å². The van der Waals surface area contributed by atoms with Crippen LogP contribution in [-0.4, -0.2) is 20.5 Å². The molecule has 0 heterocycles. The first kappa shape index (κ1) is 23.4. The quantitative estimate of drug-likeness (QED) is 0.268. The number of sulfone groups is 1. The second-order valence-corrected chi connectivity index (χ2v) is 8.58. The number of nitro benzene ring substituents is 1. The van der Waals surface area contributed by atoms with Crippen molar-refractivity contribution in [3.05, 3.63) is 98.7 Å². The van der Waals surface area contributed by atoms with Crippen LogP contribution in [0.5, 0.6) is 11.5 Å². The number of nitriles is 1. The van der Waals surface area contributed by atoms with Crippen LogP contribution in [0.4, 0.5) is 10.1 Å². The largest absolute Gasteiger partial charge is 0.496 e. The summed E-state index contributed by atoms with van der Waals surface area (Å²) in [5.41, 5.74) is 0.352. The minimum atomic E-state index is -4.03. The van der Waals surface area contributed by atoms with E-state index in [1.54, 1.807) is 30.3 Å². The average Bonchev–Trinajstić information content (AvgIpc) is 2.81. The SMILES string of the molecule is COc1ccc(C=C(C#N)S(=O)(=O)c2ccccc2)cc1COc1cc(F)ccc1[N+](=O)[O-]. The smallest absolute Gasteiger partial charge is 0.311 e. The molecule has 0 saturated heterocycles. The first-order chi connectivity index (χ1) is 15.8. The third-order valence-electron chi connectivity index (χ3n) is 4.56. The van der Waals surface area contributed by atoms with Gasteiger partial charge < -0.3 is 9.47 Å². The van der Waals surface area contributed by atoms with Crippen molar-refractivity contribution in [1.82, 2.24) is 0 Å². The highest BCUT2D eigenvalue weighted by Gasteiger charge is 2.21. The fraction of sp³-hybridized carbons (Fsp3) is 0.0870. The van der Waals surface area contributed by atoms with Gasteiger partial charge in [-0.3, -0.25) is 10.1 Å². The predicted octanol–water partition coefficient (Wildman–Crippen LogP) is 4.66. The van der Waals surface area contributed by atoms with Gasteiger partial charge in [-0.05, 0) is 42.0 Å². The van der Waals surface area contributed by atoms with Gasteiger partial charge in [0.25, 0.3) is 0 Å². The van der Waals surface area contributed by atoms with E-state index in [-0.39, 0.29) is 17.3 Å². The molecule has 0 amide bonds. The molecule has 0 aliphatic rings. The predicted molar refractivity (Wildman–Crippen MR) is 118 cm³/mol. The Morgan fingerprint density at radius 1 is 1.12 bits per heavy atom. The highest BCUT2D eigenvalue weighted by Crippen LogP contribution is 2.30. The summed E-state index contributed by atoms with van der Waals surface area (Å²) in [7, 11) is -2.63. The van der Waals surface area contributed by atoms with Crippen molar-refractivity contribution in [2.24, 2.45) is 0 Å². The van der Waals surface area contributed by atoms with Crippen LogP contribution in [0.2, 0.25) is 0 Å². The Balaban J connectivity index is 1.95. The fourth-order valence-corrected chi connectivity index (χ4v) is 4.14. The number of nitrogens with zero attached hydrogens (tertiary/aromatic N) is 2. The summed E-state index contributed by atoms with van der Waals surface area (Å²) in [6.07, 6.45) is 1.20. The second kappa shape index (κ2) is 9.93. The fourth-order valence-electron chi connectivity index (χ4n) is 2.96. The third-order valence-corrected chi connectivity index (χ3v) is 6.24. The minimum Gasteiger partial charge on any atom is -0.496 e. The van der Waals surface area contributed by atoms with E-state index in [2.05, 4.69) is 0 Å². The molecule has 0 fully saturated rings. The van der Waals surface area contributed by atoms with Gasteiger partial charge in [0.1, 0.15) is 29.1 Å². The summed E-state index contributed by atoms with van der Waals surface area (Å²) in [5.74, 6) is -0.618. The van der Waals surface area contributed by atoms with Crippen LogP contribution in [0, 0.1) is 27.3 Å². The second-order valence-electron chi connectivity index (χ2n) is 6.67. The molecule has 3 aromatic rings. The lowest BCUT2D eigenvalue weighted by atomic mass is 10.1. The van der Waals surface area contributed by atoms with Crippen LogP contribution in [0.1, 0.15) is 11.1 Å². The summed E-state index contributed by atoms with van der Waals surface area (Å²) in [4.78, 5) is 9.99. The number of hydrogen-bond acceptors (Lipinski definition) is 7. The first-order valence-corrected chi connectivity index (χ1v) is 10.9. The zero-order valence-corrected chi connectivity index (χ0v) is 18.1. The van der Waals surface area contributed by atoms with Gasteiger partial charge in [0.15, 0.2) is 5.75 Å². The van der Waals surface area contributed by atoms with E-state index < -0.39 is 31.2 Å². The molecule has 3 aromatic carbocycles. The zero-order chi connectivity index (χ0) is 24.0. The maximum Gasteiger partial charge on any atom is 0.311 e. The average molecular weight is 468 g/mol. The van der Waals surface area contributed by atoms with Gasteiger partial charge in [0.05, 0.1) is 16.9 Å². The molecule has 0 bridgehead atoms. The lowest BCUT2D eigenvalue weighted by Gasteiger charge is -2.12. The molecule has 0 aliphatic carbocycles. The highest BCUT2D eigenvalue weighted by atomic mass is 32.2. The van der Waals surface area contributed by atoms with Crippen molar-refractivity contribution in [2.45, 2.75) is 11.5 Å². The van der Waals surface area contributed by atoms with Gasteiger partial charge in [0, 0.05) is 17.7 Å². The van der Waals surface area contributed by atoms with Gasteiger partial charge >= 0.3 is 5.69 Å². The van der Waals surface area contributed by atoms with Crippen LogP contribution in [0.15, 0.2) is 76.5 Å². The van der Waals surface area contributed by atoms with Crippen molar-refractivity contribution in [3.8, 4) is 17.6 Å². The molecule has 0 aromatic heterocycles. The number of nitro groups is 1. The van der Waals surface area contributed by atoms with Gasteiger partial charge in [0.2, 0.25) is 9.84 Å². The van der Waals surface area contributed by atoms with E-state index in [9.17, 15) is 28.2 Å². The normalized spacial score (nSPS) is 11.5. The summed E-state index contributed by atoms with van der Waals surface area (Å²) in [6.45, 7) is -0.234. The molecule has 0 atom stereocenters. The van der Waals surface area contributed by atoms with E-state index in [4.69, 9.17) is 9.47 Å². The summed E-state index contributed by atoms with van der Waals surface area (Å²) in [5, 5.41) is 20.6. The number of benzene rings is 3. The molecule has 168 valence electrons. The van der Waals surface area contributed by atoms with Gasteiger partial charge in [-0.15, -0.1) is 0 Å². The number of allylic oxidation sites excluding steroid dienone is 1. The Hall–Kier alpha value is -4.23. The van der Waals surface area contributed by atoms with Crippen LogP contribution in [0.3, 0.4) is 0 Å². The Bertz CT molecular complexity index is 1370. The van der Waals surface area contributed by atoms with Gasteiger partial charge in [-0.1, -0.05) is 24.3 Å². The summed E-state index contributed by atoms with van der Waals surface area (Å²) >= 11 is 0. The number of hydrogen-bond donors (Lipinski definition) is 0. The molecule has 33 heavy (non-hydrogen) atoms. The zero-order valence-electron chi connectivity index (χ0n) is 17.3. The number of methoxy groups -OCH3 is 1. The lowest BCUT2D eigenvalue weighted by Crippen LogP contribution is -2.04. The molecule has 0 unspecified atom stereocenters. The van der Waals surface area contributed by atoms with E-state index in [0.717, 1.165) is 18.2 Å². The van der Waals surface area contributed by atoms with Crippen molar-refractivity contribution >= 4 is 21.6 Å². The molecular weight excluding hydrogens is 451 g/mol. The Morgan fingerprint density at radius 2 is 1.85 bits per heavy atom. The lowest BCUT2D eigenvalue weighted by molar-refractivity contribution is -0.386. The van der Waals surface area contributed by atoms with Crippen LogP contribution < -0.4 is 9.47 Å². The molecule has 0 aliphatic heterocycles. The summed E-state index contributed by atoms with van der Waals surface area (Å²) < 4.78 is 49.8. The number of rotatable bonds is 8. The van der Waals surface area contributed by atoms with Crippen molar-refractivity contribution < 1.29 is 27.2 Å². The monoisotopic (exact) mass is 468 g/mol. The van der Waals surface area contributed by atoms with E-state index >= 15 is 0 Å². The standard InChI is InChI=1S/C23H17FN2O6S/c1-31-22-10-7-16(12-20(14-25)33(29,30)19-5-3-2-4-6-19)11-17(22)15-32-23-13-18(24)8-9-21(23)26(27)28/h2-13H,15H2,1H3. The van der Waals surface area contributed by atoms with Crippen LogP contribution in [-0.2, 0) is 16.4 Å². The summed E-state index contributed by atoms with van der Waals surface area (Å²) in [6, 6.07) is 16.7. The molecule has 3 rings (SSSR count). The third kappa shape index (κ3) is 5.34. The molecule has 8 nitrogen and oxygen atoms in total. The van der Waals surface area contributed by atoms with Gasteiger partial charge in [-0.25, -0.2) is 12.8 Å². The Kier molecular flexibility index (Phi) is 7.05. The van der Waals surface area contributed by atoms with Crippen molar-refractivity contribution in [2.75, 3.05) is 7.11 Å².